The van der Waals surface area contributed by atoms with Gasteiger partial charge in [0.25, 0.3) is 5.69 Å². The van der Waals surface area contributed by atoms with Crippen molar-refractivity contribution in [3.8, 4) is 0 Å². The van der Waals surface area contributed by atoms with E-state index in [1.54, 1.807) is 18.2 Å². The predicted octanol–water partition coefficient (Wildman–Crippen LogP) is 4.28. The van der Waals surface area contributed by atoms with Crippen LogP contribution >= 0.6 is 0 Å². The number of hydrogen-bond acceptors (Lipinski definition) is 3. The van der Waals surface area contributed by atoms with Crippen LogP contribution in [0.3, 0.4) is 0 Å². The molecule has 1 heterocycles. The Hall–Kier alpha value is -3.21. The summed E-state index contributed by atoms with van der Waals surface area (Å²) in [7, 11) is 0. The number of hydrogen-bond donors (Lipinski definition) is 1. The lowest BCUT2D eigenvalue weighted by atomic mass is 10.0. The Labute approximate surface area is 132 Å². The molecule has 114 valence electrons. The molecule has 0 saturated carbocycles. The number of para-hydroxylation sites is 2. The number of nitro groups is 1. The number of aryl methyl sites for hydroxylation is 1. The number of aromatic nitrogens is 1. The summed E-state index contributed by atoms with van der Waals surface area (Å²) in [4.78, 5) is 26.2. The molecule has 5 nitrogen and oxygen atoms in total. The molecule has 0 fully saturated rings. The van der Waals surface area contributed by atoms with E-state index < -0.39 is 4.92 Å². The highest BCUT2D eigenvalue weighted by molar-refractivity contribution is 6.15. The van der Waals surface area contributed by atoms with Gasteiger partial charge in [-0.1, -0.05) is 30.3 Å². The van der Waals surface area contributed by atoms with Gasteiger partial charge in [0.15, 0.2) is 5.78 Å². The Morgan fingerprint density at radius 1 is 1.13 bits per heavy atom. The fourth-order valence-corrected chi connectivity index (χ4v) is 2.64. The van der Waals surface area contributed by atoms with Crippen LogP contribution in [0.15, 0.2) is 54.6 Å². The lowest BCUT2D eigenvalue weighted by Gasteiger charge is -1.98. The minimum Gasteiger partial charge on any atom is -0.358 e. The van der Waals surface area contributed by atoms with E-state index in [-0.39, 0.29) is 11.5 Å². The Morgan fingerprint density at radius 2 is 1.83 bits per heavy atom. The lowest BCUT2D eigenvalue weighted by molar-refractivity contribution is -0.385. The summed E-state index contributed by atoms with van der Waals surface area (Å²) in [5.41, 5.74) is 2.65. The highest BCUT2D eigenvalue weighted by Crippen LogP contribution is 2.24. The highest BCUT2D eigenvalue weighted by Gasteiger charge is 2.14. The topological polar surface area (TPSA) is 76.0 Å². The fourth-order valence-electron chi connectivity index (χ4n) is 2.64. The first-order chi connectivity index (χ1) is 11.1. The molecule has 0 bridgehead atoms. The van der Waals surface area contributed by atoms with E-state index in [4.69, 9.17) is 0 Å². The normalized spacial score (nSPS) is 11.2. The van der Waals surface area contributed by atoms with Gasteiger partial charge in [0.2, 0.25) is 0 Å². The number of benzene rings is 2. The molecular weight excluding hydrogens is 292 g/mol. The third-order valence-electron chi connectivity index (χ3n) is 3.69. The van der Waals surface area contributed by atoms with Crippen molar-refractivity contribution in [3.05, 3.63) is 81.5 Å². The zero-order valence-electron chi connectivity index (χ0n) is 12.4. The zero-order chi connectivity index (χ0) is 16.4. The molecule has 2 aromatic carbocycles. The molecular formula is C18H14N2O3. The van der Waals surface area contributed by atoms with Crippen LogP contribution in [0.2, 0.25) is 0 Å². The average Bonchev–Trinajstić information content (AvgIpc) is 2.88. The number of rotatable bonds is 4. The maximum Gasteiger partial charge on any atom is 0.276 e. The van der Waals surface area contributed by atoms with Gasteiger partial charge in [0.05, 0.1) is 16.1 Å². The van der Waals surface area contributed by atoms with Crippen LogP contribution in [0.25, 0.3) is 17.0 Å². The summed E-state index contributed by atoms with van der Waals surface area (Å²) < 4.78 is 0. The largest absolute Gasteiger partial charge is 0.358 e. The quantitative estimate of drug-likeness (QED) is 0.338. The standard InChI is InChI=1S/C18H14N2O3/c1-12-18(14-7-3-4-8-15(14)19-12)17(21)11-10-13-6-2-5-9-16(13)20(22)23/h2-11,19H,1H3/b11-10+. The van der Waals surface area contributed by atoms with Gasteiger partial charge in [-0.2, -0.15) is 0 Å². The van der Waals surface area contributed by atoms with Crippen molar-refractivity contribution in [3.63, 3.8) is 0 Å². The summed E-state index contributed by atoms with van der Waals surface area (Å²) in [5, 5.41) is 11.9. The Balaban J connectivity index is 1.98. The monoisotopic (exact) mass is 306 g/mol. The first kappa shape index (κ1) is 14.7. The number of aromatic amines is 1. The summed E-state index contributed by atoms with van der Waals surface area (Å²) >= 11 is 0. The Bertz CT molecular complexity index is 938. The van der Waals surface area contributed by atoms with Gasteiger partial charge < -0.3 is 4.98 Å². The SMILES string of the molecule is Cc1[nH]c2ccccc2c1C(=O)/C=C/c1ccccc1[N+](=O)[O-]. The molecule has 1 aromatic heterocycles. The molecule has 3 rings (SSSR count). The first-order valence-corrected chi connectivity index (χ1v) is 7.11. The Kier molecular flexibility index (Phi) is 3.76. The van der Waals surface area contributed by atoms with Crippen LogP contribution in [0, 0.1) is 17.0 Å². The van der Waals surface area contributed by atoms with Crippen LogP contribution in [-0.4, -0.2) is 15.7 Å². The van der Waals surface area contributed by atoms with Crippen LogP contribution < -0.4 is 0 Å². The predicted molar refractivity (Wildman–Crippen MR) is 89.5 cm³/mol. The van der Waals surface area contributed by atoms with Crippen molar-refractivity contribution < 1.29 is 9.72 Å². The maximum absolute atomic E-state index is 12.5. The maximum atomic E-state index is 12.5. The van der Waals surface area contributed by atoms with Gasteiger partial charge in [0.1, 0.15) is 0 Å². The second-order valence-corrected chi connectivity index (χ2v) is 5.18. The molecule has 0 aliphatic heterocycles. The molecule has 3 aromatic rings. The molecule has 0 aliphatic carbocycles. The van der Waals surface area contributed by atoms with Crippen LogP contribution in [0.1, 0.15) is 21.6 Å². The minimum absolute atomic E-state index is 0.0211. The van der Waals surface area contributed by atoms with Gasteiger partial charge in [-0.05, 0) is 31.2 Å². The second kappa shape index (κ2) is 5.88. The third kappa shape index (κ3) is 2.76. The van der Waals surface area contributed by atoms with Crippen molar-refractivity contribution in [1.29, 1.82) is 0 Å². The Morgan fingerprint density at radius 3 is 2.61 bits per heavy atom. The van der Waals surface area contributed by atoms with E-state index in [1.165, 1.54) is 18.2 Å². The van der Waals surface area contributed by atoms with Gasteiger partial charge in [-0.25, -0.2) is 0 Å². The van der Waals surface area contributed by atoms with E-state index in [0.717, 1.165) is 16.6 Å². The summed E-state index contributed by atoms with van der Waals surface area (Å²) in [5.74, 6) is -0.182. The van der Waals surface area contributed by atoms with Crippen LogP contribution in [0.4, 0.5) is 5.69 Å². The number of nitrogens with zero attached hydrogens (tertiary/aromatic N) is 1. The number of nitrogens with one attached hydrogen (secondary N) is 1. The van der Waals surface area contributed by atoms with Crippen molar-refractivity contribution in [2.24, 2.45) is 0 Å². The summed E-state index contributed by atoms with van der Waals surface area (Å²) in [6.07, 6.45) is 2.87. The second-order valence-electron chi connectivity index (χ2n) is 5.18. The smallest absolute Gasteiger partial charge is 0.276 e. The van der Waals surface area contributed by atoms with Crippen LogP contribution in [0.5, 0.6) is 0 Å². The van der Waals surface area contributed by atoms with Crippen molar-refractivity contribution >= 4 is 28.4 Å². The number of nitro benzene ring substituents is 1. The van der Waals surface area contributed by atoms with E-state index in [2.05, 4.69) is 4.98 Å². The molecule has 0 unspecified atom stereocenters. The van der Waals surface area contributed by atoms with Gasteiger partial charge in [-0.3, -0.25) is 14.9 Å². The minimum atomic E-state index is -0.457. The van der Waals surface area contributed by atoms with Crippen molar-refractivity contribution in [1.82, 2.24) is 4.98 Å². The van der Waals surface area contributed by atoms with E-state index in [9.17, 15) is 14.9 Å². The summed E-state index contributed by atoms with van der Waals surface area (Å²) in [6.45, 7) is 1.84. The number of carbonyl (C=O) groups is 1. The zero-order valence-corrected chi connectivity index (χ0v) is 12.4. The third-order valence-corrected chi connectivity index (χ3v) is 3.69. The summed E-state index contributed by atoms with van der Waals surface area (Å²) in [6, 6.07) is 13.9. The van der Waals surface area contributed by atoms with Gasteiger partial charge in [0, 0.05) is 22.7 Å². The van der Waals surface area contributed by atoms with E-state index in [0.29, 0.717) is 11.1 Å². The molecule has 0 radical (unpaired) electrons. The van der Waals surface area contributed by atoms with Crippen LogP contribution in [-0.2, 0) is 0 Å². The highest BCUT2D eigenvalue weighted by atomic mass is 16.6. The van der Waals surface area contributed by atoms with Crippen molar-refractivity contribution in [2.75, 3.05) is 0 Å². The molecule has 0 saturated heterocycles. The van der Waals surface area contributed by atoms with Gasteiger partial charge >= 0.3 is 0 Å². The molecule has 23 heavy (non-hydrogen) atoms. The number of carbonyl (C=O) groups excluding carboxylic acids is 1. The van der Waals surface area contributed by atoms with Crippen molar-refractivity contribution in [2.45, 2.75) is 6.92 Å². The number of H-pyrrole nitrogens is 1. The average molecular weight is 306 g/mol. The fraction of sp³-hybridized carbons (Fsp3) is 0.0556. The number of allylic oxidation sites excluding steroid dienone is 1. The molecule has 0 amide bonds. The number of ketones is 1. The molecule has 5 heteroatoms. The van der Waals surface area contributed by atoms with E-state index in [1.807, 2.05) is 31.2 Å². The molecule has 0 atom stereocenters. The number of fused-ring (bicyclic) bond motifs is 1. The lowest BCUT2D eigenvalue weighted by Crippen LogP contribution is -1.96. The molecule has 0 aliphatic rings. The molecule has 1 N–H and O–H groups in total. The molecule has 0 spiro atoms. The first-order valence-electron chi connectivity index (χ1n) is 7.11. The van der Waals surface area contributed by atoms with Gasteiger partial charge in [-0.15, -0.1) is 0 Å². The van der Waals surface area contributed by atoms with E-state index >= 15 is 0 Å².